The number of anilines is 1. The Labute approximate surface area is 168 Å². The van der Waals surface area contributed by atoms with Crippen molar-refractivity contribution >= 4 is 23.3 Å². The van der Waals surface area contributed by atoms with Crippen LogP contribution in [0.15, 0.2) is 47.5 Å². The average Bonchev–Trinajstić information content (AvgIpc) is 2.74. The van der Waals surface area contributed by atoms with Crippen molar-refractivity contribution in [3.05, 3.63) is 53.6 Å². The van der Waals surface area contributed by atoms with Crippen molar-refractivity contribution in [3.63, 3.8) is 0 Å². The van der Waals surface area contributed by atoms with Gasteiger partial charge in [-0.15, -0.1) is 0 Å². The molecule has 0 unspecified atom stereocenters. The second-order valence-electron chi connectivity index (χ2n) is 6.98. The predicted molar refractivity (Wildman–Crippen MR) is 108 cm³/mol. The Morgan fingerprint density at radius 2 is 1.86 bits per heavy atom. The number of nitrogens with zero attached hydrogens (tertiary/aromatic N) is 3. The summed E-state index contributed by atoms with van der Waals surface area (Å²) < 4.78 is 11.1. The summed E-state index contributed by atoms with van der Waals surface area (Å²) >= 11 is 0. The van der Waals surface area contributed by atoms with Crippen molar-refractivity contribution in [1.82, 2.24) is 10.3 Å². The van der Waals surface area contributed by atoms with Gasteiger partial charge in [0.05, 0.1) is 5.69 Å². The second kappa shape index (κ2) is 7.83. The number of carbonyl (C=O) groups is 2. The normalized spacial score (nSPS) is 15.4. The summed E-state index contributed by atoms with van der Waals surface area (Å²) in [5, 5.41) is 1.36. The quantitative estimate of drug-likeness (QED) is 0.853. The van der Waals surface area contributed by atoms with E-state index in [9.17, 15) is 9.59 Å². The molecule has 0 fully saturated rings. The van der Waals surface area contributed by atoms with E-state index < -0.39 is 0 Å². The molecule has 1 N–H and O–H groups in total. The van der Waals surface area contributed by atoms with E-state index in [4.69, 9.17) is 9.47 Å². The first-order valence-electron chi connectivity index (χ1n) is 9.36. The van der Waals surface area contributed by atoms with Crippen molar-refractivity contribution in [3.8, 4) is 11.5 Å². The summed E-state index contributed by atoms with van der Waals surface area (Å²) in [5.74, 6) is 0.994. The molecule has 0 atom stereocenters. The molecular formula is C21H22N4O4. The van der Waals surface area contributed by atoms with Gasteiger partial charge in [0.15, 0.2) is 11.5 Å². The molecule has 0 radical (unpaired) electrons. The number of hydrogen-bond donors (Lipinski definition) is 1. The lowest BCUT2D eigenvalue weighted by molar-refractivity contribution is -0.123. The van der Waals surface area contributed by atoms with E-state index in [1.807, 2.05) is 49.4 Å². The van der Waals surface area contributed by atoms with Crippen LogP contribution >= 0.6 is 0 Å². The van der Waals surface area contributed by atoms with Gasteiger partial charge in [-0.2, -0.15) is 0 Å². The monoisotopic (exact) mass is 394 g/mol. The Balaban J connectivity index is 1.45. The summed E-state index contributed by atoms with van der Waals surface area (Å²) in [6, 6.07) is 13.1. The van der Waals surface area contributed by atoms with Crippen molar-refractivity contribution in [2.45, 2.75) is 13.5 Å². The van der Waals surface area contributed by atoms with Crippen LogP contribution in [-0.2, 0) is 16.1 Å². The number of carbonyl (C=O) groups excluding carboxylic acids is 2. The third-order valence-corrected chi connectivity index (χ3v) is 4.71. The minimum atomic E-state index is -0.301. The number of hydrazine groups is 1. The average molecular weight is 394 g/mol. The number of rotatable bonds is 4. The molecule has 0 aliphatic carbocycles. The van der Waals surface area contributed by atoms with Gasteiger partial charge in [0.2, 0.25) is 5.84 Å². The Hall–Kier alpha value is -3.55. The van der Waals surface area contributed by atoms with E-state index in [2.05, 4.69) is 10.4 Å². The Morgan fingerprint density at radius 1 is 1.14 bits per heavy atom. The maximum Gasteiger partial charge on any atom is 0.290 e. The first-order chi connectivity index (χ1) is 14.0. The summed E-state index contributed by atoms with van der Waals surface area (Å²) in [6.07, 6.45) is 0. The number of ether oxygens (including phenoxy) is 2. The van der Waals surface area contributed by atoms with Crippen LogP contribution in [0.3, 0.4) is 0 Å². The van der Waals surface area contributed by atoms with E-state index in [-0.39, 0.29) is 24.2 Å². The number of fused-ring (bicyclic) bond motifs is 1. The van der Waals surface area contributed by atoms with E-state index >= 15 is 0 Å². The molecule has 0 aromatic heterocycles. The predicted octanol–water partition coefficient (Wildman–Crippen LogP) is 1.67. The zero-order valence-electron chi connectivity index (χ0n) is 16.3. The number of aryl methyl sites for hydroxylation is 1. The highest BCUT2D eigenvalue weighted by Crippen LogP contribution is 2.31. The Bertz CT molecular complexity index is 971. The van der Waals surface area contributed by atoms with Crippen molar-refractivity contribution in [2.75, 3.05) is 31.8 Å². The largest absolute Gasteiger partial charge is 0.486 e. The van der Waals surface area contributed by atoms with Crippen LogP contribution in [0.2, 0.25) is 0 Å². The fraction of sp³-hybridized carbons (Fsp3) is 0.286. The van der Waals surface area contributed by atoms with Gasteiger partial charge in [-0.1, -0.05) is 23.8 Å². The smallest absolute Gasteiger partial charge is 0.290 e. The van der Waals surface area contributed by atoms with Crippen LogP contribution < -0.4 is 19.9 Å². The minimum absolute atomic E-state index is 0.0835. The first kappa shape index (κ1) is 18.8. The van der Waals surface area contributed by atoms with E-state index in [0.29, 0.717) is 36.9 Å². The maximum absolute atomic E-state index is 12.9. The fourth-order valence-corrected chi connectivity index (χ4v) is 3.15. The summed E-state index contributed by atoms with van der Waals surface area (Å²) in [4.78, 5) is 30.8. The highest BCUT2D eigenvalue weighted by molar-refractivity contribution is 6.39. The molecule has 0 saturated carbocycles. The van der Waals surface area contributed by atoms with Gasteiger partial charge in [-0.05, 0) is 36.8 Å². The Kier molecular flexibility index (Phi) is 5.07. The van der Waals surface area contributed by atoms with Crippen LogP contribution in [-0.4, -0.2) is 49.4 Å². The fourth-order valence-electron chi connectivity index (χ4n) is 3.15. The van der Waals surface area contributed by atoms with Crippen LogP contribution in [0, 0.1) is 6.92 Å². The summed E-state index contributed by atoms with van der Waals surface area (Å²) in [6.45, 7) is 3.30. The van der Waals surface area contributed by atoms with E-state index in [1.165, 1.54) is 5.01 Å². The molecule has 4 rings (SSSR count). The number of amidine groups is 1. The zero-order valence-corrected chi connectivity index (χ0v) is 16.3. The number of benzene rings is 2. The van der Waals surface area contributed by atoms with Gasteiger partial charge in [0, 0.05) is 13.6 Å². The van der Waals surface area contributed by atoms with Crippen LogP contribution in [0.25, 0.3) is 0 Å². The van der Waals surface area contributed by atoms with Crippen molar-refractivity contribution < 1.29 is 19.1 Å². The van der Waals surface area contributed by atoms with E-state index in [0.717, 1.165) is 11.1 Å². The van der Waals surface area contributed by atoms with E-state index in [1.54, 1.807) is 11.9 Å². The van der Waals surface area contributed by atoms with Gasteiger partial charge in [-0.25, -0.2) is 5.01 Å². The van der Waals surface area contributed by atoms with Gasteiger partial charge in [0.25, 0.3) is 11.8 Å². The topological polar surface area (TPSA) is 83.5 Å². The molecule has 2 amide bonds. The summed E-state index contributed by atoms with van der Waals surface area (Å²) in [5.41, 5.74) is 5.51. The maximum atomic E-state index is 12.9. The molecule has 0 saturated heterocycles. The molecular weight excluding hydrogens is 372 g/mol. The summed E-state index contributed by atoms with van der Waals surface area (Å²) in [7, 11) is 1.69. The standard InChI is InChI=1S/C21H22N4O4/c1-14-3-6-16(7-4-14)25-19(26)12-22-20(23-25)21(27)24(2)13-15-5-8-17-18(11-15)29-10-9-28-17/h3-8,11H,9-10,12-13H2,1-2H3,(H,22,23). The third kappa shape index (κ3) is 4.01. The highest BCUT2D eigenvalue weighted by Gasteiger charge is 2.27. The third-order valence-electron chi connectivity index (χ3n) is 4.71. The second-order valence-corrected chi connectivity index (χ2v) is 6.98. The van der Waals surface area contributed by atoms with Crippen LogP contribution in [0.5, 0.6) is 11.5 Å². The SMILES string of the molecule is Cc1ccc(N2NC(C(=O)N(C)Cc3ccc4c(c3)OCCO4)=NCC2=O)cc1. The lowest BCUT2D eigenvalue weighted by Crippen LogP contribution is -2.55. The van der Waals surface area contributed by atoms with Gasteiger partial charge >= 0.3 is 0 Å². The van der Waals surface area contributed by atoms with Crippen molar-refractivity contribution in [2.24, 2.45) is 4.99 Å². The molecule has 0 bridgehead atoms. The number of amides is 2. The minimum Gasteiger partial charge on any atom is -0.486 e. The molecule has 2 heterocycles. The molecule has 29 heavy (non-hydrogen) atoms. The highest BCUT2D eigenvalue weighted by atomic mass is 16.6. The lowest BCUT2D eigenvalue weighted by atomic mass is 10.2. The first-order valence-corrected chi connectivity index (χ1v) is 9.36. The molecule has 0 spiro atoms. The molecule has 8 heteroatoms. The van der Waals surface area contributed by atoms with Crippen LogP contribution in [0.4, 0.5) is 5.69 Å². The lowest BCUT2D eigenvalue weighted by Gasteiger charge is -2.29. The Morgan fingerprint density at radius 3 is 2.62 bits per heavy atom. The number of aliphatic imine (C=N–C) groups is 1. The number of nitrogens with one attached hydrogen (secondary N) is 1. The number of likely N-dealkylation sites (N-methyl/N-ethyl adjacent to an activating group) is 1. The van der Waals surface area contributed by atoms with Crippen molar-refractivity contribution in [1.29, 1.82) is 0 Å². The number of hydrogen-bond acceptors (Lipinski definition) is 6. The molecule has 2 aromatic rings. The molecule has 2 aromatic carbocycles. The van der Waals surface area contributed by atoms with Gasteiger partial charge in [0.1, 0.15) is 19.8 Å². The van der Waals surface area contributed by atoms with Crippen LogP contribution in [0.1, 0.15) is 11.1 Å². The molecule has 2 aliphatic rings. The molecule has 150 valence electrons. The molecule has 8 nitrogen and oxygen atoms in total. The van der Waals surface area contributed by atoms with Gasteiger partial charge < -0.3 is 14.4 Å². The zero-order chi connectivity index (χ0) is 20.4. The van der Waals surface area contributed by atoms with Gasteiger partial charge in [-0.3, -0.25) is 20.0 Å². The molecule has 2 aliphatic heterocycles.